The minimum atomic E-state index is -0.943. The summed E-state index contributed by atoms with van der Waals surface area (Å²) < 4.78 is 5.20. The van der Waals surface area contributed by atoms with Gasteiger partial charge in [0, 0.05) is 12.8 Å². The zero-order valence-electron chi connectivity index (χ0n) is 8.10. The van der Waals surface area contributed by atoms with Crippen LogP contribution in [0.15, 0.2) is 16.5 Å². The predicted molar refractivity (Wildman–Crippen MR) is 50.6 cm³/mol. The molecule has 0 aromatic carbocycles. The first kappa shape index (κ1) is 11.3. The fourth-order valence-electron chi connectivity index (χ4n) is 1.21. The number of rotatable bonds is 6. The summed E-state index contributed by atoms with van der Waals surface area (Å²) in [6.45, 7) is 0. The number of carboxylic acid groups (broad SMARTS) is 2. The van der Waals surface area contributed by atoms with Crippen LogP contribution in [0.3, 0.4) is 0 Å². The highest BCUT2D eigenvalue weighted by molar-refractivity contribution is 5.69. The van der Waals surface area contributed by atoms with Crippen molar-refractivity contribution in [1.82, 2.24) is 0 Å². The highest BCUT2D eigenvalue weighted by Crippen LogP contribution is 2.11. The van der Waals surface area contributed by atoms with Gasteiger partial charge in [-0.1, -0.05) is 0 Å². The summed E-state index contributed by atoms with van der Waals surface area (Å²) in [6.07, 6.45) is 0.967. The lowest BCUT2D eigenvalue weighted by Crippen LogP contribution is -1.98. The molecule has 0 saturated carbocycles. The van der Waals surface area contributed by atoms with Crippen LogP contribution in [-0.4, -0.2) is 22.2 Å². The molecule has 0 aliphatic rings. The zero-order chi connectivity index (χ0) is 11.3. The average Bonchev–Trinajstić information content (AvgIpc) is 2.50. The van der Waals surface area contributed by atoms with Crippen molar-refractivity contribution in [1.29, 1.82) is 0 Å². The molecular formula is C10H12O5. The van der Waals surface area contributed by atoms with Crippen LogP contribution >= 0.6 is 0 Å². The molecule has 1 heterocycles. The molecule has 5 heteroatoms. The molecule has 0 aliphatic heterocycles. The SMILES string of the molecule is O=C(O)CCCc1ccc(CC(=O)O)o1. The van der Waals surface area contributed by atoms with Crippen molar-refractivity contribution in [3.63, 3.8) is 0 Å². The van der Waals surface area contributed by atoms with E-state index >= 15 is 0 Å². The smallest absolute Gasteiger partial charge is 0.311 e. The fourth-order valence-corrected chi connectivity index (χ4v) is 1.21. The summed E-state index contributed by atoms with van der Waals surface area (Å²) in [5.41, 5.74) is 0. The van der Waals surface area contributed by atoms with Crippen LogP contribution in [-0.2, 0) is 22.4 Å². The van der Waals surface area contributed by atoms with Gasteiger partial charge in [0.1, 0.15) is 17.9 Å². The molecule has 2 N–H and O–H groups in total. The summed E-state index contributed by atoms with van der Waals surface area (Å²) in [4.78, 5) is 20.6. The molecule has 1 aromatic heterocycles. The first-order chi connectivity index (χ1) is 7.08. The van der Waals surface area contributed by atoms with Crippen LogP contribution in [0.25, 0.3) is 0 Å². The van der Waals surface area contributed by atoms with Crippen LogP contribution < -0.4 is 0 Å². The second-order valence-electron chi connectivity index (χ2n) is 3.19. The van der Waals surface area contributed by atoms with Crippen LogP contribution in [0, 0.1) is 0 Å². The van der Waals surface area contributed by atoms with Gasteiger partial charge >= 0.3 is 11.9 Å². The van der Waals surface area contributed by atoms with Crippen molar-refractivity contribution in [2.45, 2.75) is 25.7 Å². The number of aliphatic carboxylic acids is 2. The van der Waals surface area contributed by atoms with Crippen molar-refractivity contribution in [2.75, 3.05) is 0 Å². The van der Waals surface area contributed by atoms with Crippen molar-refractivity contribution >= 4 is 11.9 Å². The van der Waals surface area contributed by atoms with Gasteiger partial charge < -0.3 is 14.6 Å². The number of hydrogen-bond donors (Lipinski definition) is 2. The highest BCUT2D eigenvalue weighted by Gasteiger charge is 2.06. The van der Waals surface area contributed by atoms with E-state index < -0.39 is 11.9 Å². The Hall–Kier alpha value is -1.78. The standard InChI is InChI=1S/C10H12O5/c11-9(12)3-1-2-7-4-5-8(15-7)6-10(13)14/h4-5H,1-3,6H2,(H,11,12)(H,13,14). The van der Waals surface area contributed by atoms with Gasteiger partial charge in [-0.05, 0) is 18.6 Å². The Kier molecular flexibility index (Phi) is 3.91. The second-order valence-corrected chi connectivity index (χ2v) is 3.19. The predicted octanol–water partition coefficient (Wildman–Crippen LogP) is 1.31. The summed E-state index contributed by atoms with van der Waals surface area (Å²) in [6, 6.07) is 3.28. The van der Waals surface area contributed by atoms with Gasteiger partial charge in [0.15, 0.2) is 0 Å². The molecule has 0 aliphatic carbocycles. The van der Waals surface area contributed by atoms with E-state index in [9.17, 15) is 9.59 Å². The maximum Gasteiger partial charge on any atom is 0.311 e. The topological polar surface area (TPSA) is 87.7 Å². The molecule has 82 valence electrons. The summed E-state index contributed by atoms with van der Waals surface area (Å²) in [5, 5.41) is 16.9. The number of hydrogen-bond acceptors (Lipinski definition) is 3. The van der Waals surface area contributed by atoms with E-state index in [4.69, 9.17) is 14.6 Å². The van der Waals surface area contributed by atoms with Crippen molar-refractivity contribution in [3.05, 3.63) is 23.7 Å². The minimum Gasteiger partial charge on any atom is -0.481 e. The Morgan fingerprint density at radius 2 is 1.80 bits per heavy atom. The monoisotopic (exact) mass is 212 g/mol. The second kappa shape index (κ2) is 5.19. The van der Waals surface area contributed by atoms with Crippen LogP contribution in [0.1, 0.15) is 24.4 Å². The lowest BCUT2D eigenvalue weighted by molar-refractivity contribution is -0.137. The number of furan rings is 1. The van der Waals surface area contributed by atoms with Gasteiger partial charge in [0.25, 0.3) is 0 Å². The molecule has 0 amide bonds. The first-order valence-electron chi connectivity index (χ1n) is 4.59. The fraction of sp³-hybridized carbons (Fsp3) is 0.400. The summed E-state index contributed by atoms with van der Waals surface area (Å²) >= 11 is 0. The average molecular weight is 212 g/mol. The van der Waals surface area contributed by atoms with E-state index in [0.717, 1.165) is 0 Å². The number of aryl methyl sites for hydroxylation is 1. The van der Waals surface area contributed by atoms with Crippen LogP contribution in [0.4, 0.5) is 0 Å². The van der Waals surface area contributed by atoms with E-state index in [2.05, 4.69) is 0 Å². The number of carboxylic acids is 2. The van der Waals surface area contributed by atoms with Gasteiger partial charge in [-0.25, -0.2) is 0 Å². The minimum absolute atomic E-state index is 0.0922. The highest BCUT2D eigenvalue weighted by atomic mass is 16.4. The van der Waals surface area contributed by atoms with Crippen molar-refractivity contribution < 1.29 is 24.2 Å². The molecule has 0 unspecified atom stereocenters. The summed E-state index contributed by atoms with van der Waals surface area (Å²) in [5.74, 6) is -0.755. The van der Waals surface area contributed by atoms with Crippen LogP contribution in [0.2, 0.25) is 0 Å². The molecule has 1 rings (SSSR count). The Morgan fingerprint density at radius 3 is 2.40 bits per heavy atom. The van der Waals surface area contributed by atoms with Gasteiger partial charge in [0.2, 0.25) is 0 Å². The third kappa shape index (κ3) is 4.30. The third-order valence-corrected chi connectivity index (χ3v) is 1.86. The van der Waals surface area contributed by atoms with E-state index in [0.29, 0.717) is 24.4 Å². The maximum atomic E-state index is 10.3. The molecular weight excluding hydrogens is 200 g/mol. The van der Waals surface area contributed by atoms with Gasteiger partial charge in [-0.3, -0.25) is 9.59 Å². The van der Waals surface area contributed by atoms with E-state index in [1.807, 2.05) is 0 Å². The maximum absolute atomic E-state index is 10.3. The molecule has 0 bridgehead atoms. The zero-order valence-corrected chi connectivity index (χ0v) is 8.10. The normalized spacial score (nSPS) is 10.1. The lowest BCUT2D eigenvalue weighted by atomic mass is 10.2. The molecule has 0 fully saturated rings. The molecule has 5 nitrogen and oxygen atoms in total. The summed E-state index contributed by atoms with van der Waals surface area (Å²) in [7, 11) is 0. The molecule has 1 aromatic rings. The van der Waals surface area contributed by atoms with E-state index in [1.54, 1.807) is 12.1 Å². The van der Waals surface area contributed by atoms with Gasteiger partial charge in [0.05, 0.1) is 0 Å². The van der Waals surface area contributed by atoms with Crippen LogP contribution in [0.5, 0.6) is 0 Å². The molecule has 0 radical (unpaired) electrons. The first-order valence-corrected chi connectivity index (χ1v) is 4.59. The number of carbonyl (C=O) groups is 2. The van der Waals surface area contributed by atoms with Crippen molar-refractivity contribution in [3.8, 4) is 0 Å². The Morgan fingerprint density at radius 1 is 1.13 bits per heavy atom. The lowest BCUT2D eigenvalue weighted by Gasteiger charge is -1.94. The molecule has 0 atom stereocenters. The van der Waals surface area contributed by atoms with Crippen molar-refractivity contribution in [2.24, 2.45) is 0 Å². The quantitative estimate of drug-likeness (QED) is 0.742. The third-order valence-electron chi connectivity index (χ3n) is 1.86. The van der Waals surface area contributed by atoms with E-state index in [1.165, 1.54) is 0 Å². The van der Waals surface area contributed by atoms with Gasteiger partial charge in [-0.15, -0.1) is 0 Å². The Bertz CT molecular complexity index is 352. The van der Waals surface area contributed by atoms with Gasteiger partial charge in [-0.2, -0.15) is 0 Å². The molecule has 0 spiro atoms. The Balaban J connectivity index is 2.39. The van der Waals surface area contributed by atoms with E-state index in [-0.39, 0.29) is 12.8 Å². The Labute approximate surface area is 86.3 Å². The largest absolute Gasteiger partial charge is 0.481 e. The molecule has 15 heavy (non-hydrogen) atoms. The molecule has 0 saturated heterocycles.